The molecule has 0 aliphatic carbocycles. The van der Waals surface area contributed by atoms with E-state index in [1.165, 1.54) is 12.8 Å². The number of hydrogen-bond donors (Lipinski definition) is 1. The van der Waals surface area contributed by atoms with E-state index in [4.69, 9.17) is 0 Å². The fraction of sp³-hybridized carbons (Fsp3) is 0.600. The van der Waals surface area contributed by atoms with E-state index < -0.39 is 0 Å². The molecule has 3 rings (SSSR count). The summed E-state index contributed by atoms with van der Waals surface area (Å²) in [5, 5.41) is 13.0. The van der Waals surface area contributed by atoms with Crippen LogP contribution >= 0.6 is 0 Å². The summed E-state index contributed by atoms with van der Waals surface area (Å²) in [5.41, 5.74) is 2.77. The van der Waals surface area contributed by atoms with Crippen LogP contribution in [0.3, 0.4) is 0 Å². The average Bonchev–Trinajstić information content (AvgIpc) is 2.81. The van der Waals surface area contributed by atoms with Crippen LogP contribution in [-0.2, 0) is 0 Å². The molecule has 0 aromatic carbocycles. The molecule has 0 bridgehead atoms. The summed E-state index contributed by atoms with van der Waals surface area (Å²) in [6, 6.07) is 4.89. The molecular formula is C15H20N4. The number of hydrogen-bond acceptors (Lipinski definition) is 4. The Labute approximate surface area is 114 Å². The second-order valence-electron chi connectivity index (χ2n) is 5.76. The third kappa shape index (κ3) is 2.19. The van der Waals surface area contributed by atoms with Gasteiger partial charge in [0.15, 0.2) is 0 Å². The van der Waals surface area contributed by atoms with Crippen molar-refractivity contribution in [3.8, 4) is 6.07 Å². The fourth-order valence-corrected chi connectivity index (χ4v) is 3.40. The number of aromatic nitrogens is 1. The number of aryl methyl sites for hydroxylation is 2. The lowest BCUT2D eigenvalue weighted by Crippen LogP contribution is -2.40. The van der Waals surface area contributed by atoms with E-state index in [1.54, 1.807) is 0 Å². The summed E-state index contributed by atoms with van der Waals surface area (Å²) in [4.78, 5) is 6.92. The minimum Gasteiger partial charge on any atom is -0.354 e. The molecule has 2 aliphatic heterocycles. The van der Waals surface area contributed by atoms with Crippen molar-refractivity contribution in [2.45, 2.75) is 32.7 Å². The van der Waals surface area contributed by atoms with Crippen LogP contribution in [0.4, 0.5) is 5.82 Å². The number of pyridine rings is 1. The van der Waals surface area contributed by atoms with Crippen LogP contribution < -0.4 is 10.2 Å². The van der Waals surface area contributed by atoms with Crippen molar-refractivity contribution in [1.82, 2.24) is 10.3 Å². The molecule has 100 valence electrons. The van der Waals surface area contributed by atoms with Gasteiger partial charge in [-0.05, 0) is 50.8 Å². The second-order valence-corrected chi connectivity index (χ2v) is 5.76. The molecular weight excluding hydrogens is 236 g/mol. The van der Waals surface area contributed by atoms with Gasteiger partial charge in [0.1, 0.15) is 11.9 Å². The minimum atomic E-state index is 0.572. The lowest BCUT2D eigenvalue weighted by Gasteiger charge is -2.24. The van der Waals surface area contributed by atoms with Gasteiger partial charge in [-0.25, -0.2) is 4.98 Å². The maximum atomic E-state index is 9.38. The van der Waals surface area contributed by atoms with Gasteiger partial charge in [-0.3, -0.25) is 0 Å². The van der Waals surface area contributed by atoms with Gasteiger partial charge in [0, 0.05) is 24.8 Å². The van der Waals surface area contributed by atoms with E-state index in [-0.39, 0.29) is 0 Å². The highest BCUT2D eigenvalue weighted by Crippen LogP contribution is 2.31. The van der Waals surface area contributed by atoms with Gasteiger partial charge >= 0.3 is 0 Å². The molecule has 2 atom stereocenters. The predicted molar refractivity (Wildman–Crippen MR) is 75.2 cm³/mol. The number of anilines is 1. The summed E-state index contributed by atoms with van der Waals surface area (Å²) in [5.74, 6) is 1.60. The Morgan fingerprint density at radius 1 is 1.42 bits per heavy atom. The first-order valence-corrected chi connectivity index (χ1v) is 7.05. The molecule has 0 radical (unpaired) electrons. The number of fused-ring (bicyclic) bond motifs is 1. The summed E-state index contributed by atoms with van der Waals surface area (Å²) in [6.45, 7) is 7.13. The summed E-state index contributed by atoms with van der Waals surface area (Å²) in [7, 11) is 0. The van der Waals surface area contributed by atoms with Gasteiger partial charge in [0.05, 0.1) is 5.56 Å². The van der Waals surface area contributed by atoms with Crippen molar-refractivity contribution in [3.63, 3.8) is 0 Å². The maximum Gasteiger partial charge on any atom is 0.147 e. The molecule has 2 fully saturated rings. The Morgan fingerprint density at radius 2 is 2.26 bits per heavy atom. The lowest BCUT2D eigenvalue weighted by molar-refractivity contribution is 0.340. The SMILES string of the molecule is Cc1cc(C)c(C#N)c(N2C[C@@H]3CCCN[C@@H]3C2)n1. The molecule has 4 nitrogen and oxygen atoms in total. The van der Waals surface area contributed by atoms with E-state index in [9.17, 15) is 5.26 Å². The third-order valence-corrected chi connectivity index (χ3v) is 4.34. The van der Waals surface area contributed by atoms with Crippen LogP contribution in [0.15, 0.2) is 6.07 Å². The molecule has 2 aliphatic rings. The number of rotatable bonds is 1. The van der Waals surface area contributed by atoms with Crippen molar-refractivity contribution < 1.29 is 0 Å². The average molecular weight is 256 g/mol. The van der Waals surface area contributed by atoms with Crippen LogP contribution in [-0.4, -0.2) is 30.7 Å². The smallest absolute Gasteiger partial charge is 0.147 e. The molecule has 1 aromatic rings. The Morgan fingerprint density at radius 3 is 3.00 bits per heavy atom. The zero-order valence-corrected chi connectivity index (χ0v) is 11.6. The van der Waals surface area contributed by atoms with Crippen molar-refractivity contribution >= 4 is 5.82 Å². The summed E-state index contributed by atoms with van der Waals surface area (Å²) < 4.78 is 0. The fourth-order valence-electron chi connectivity index (χ4n) is 3.40. The van der Waals surface area contributed by atoms with Crippen LogP contribution in [0, 0.1) is 31.1 Å². The first-order chi connectivity index (χ1) is 9.19. The van der Waals surface area contributed by atoms with E-state index in [0.29, 0.717) is 12.0 Å². The van der Waals surface area contributed by atoms with Crippen LogP contribution in [0.5, 0.6) is 0 Å². The number of piperidine rings is 1. The Hall–Kier alpha value is -1.60. The molecule has 0 spiro atoms. The topological polar surface area (TPSA) is 52.0 Å². The first-order valence-electron chi connectivity index (χ1n) is 7.05. The number of nitrogens with one attached hydrogen (secondary N) is 1. The van der Waals surface area contributed by atoms with Crippen molar-refractivity contribution in [2.24, 2.45) is 5.92 Å². The Balaban J connectivity index is 1.93. The van der Waals surface area contributed by atoms with Gasteiger partial charge in [-0.15, -0.1) is 0 Å². The molecule has 0 unspecified atom stereocenters. The number of nitrogens with zero attached hydrogens (tertiary/aromatic N) is 3. The van der Waals surface area contributed by atoms with E-state index in [0.717, 1.165) is 42.3 Å². The van der Waals surface area contributed by atoms with Gasteiger partial charge in [0.25, 0.3) is 0 Å². The molecule has 0 saturated carbocycles. The molecule has 2 saturated heterocycles. The maximum absolute atomic E-state index is 9.38. The Kier molecular flexibility index (Phi) is 3.16. The van der Waals surface area contributed by atoms with E-state index >= 15 is 0 Å². The van der Waals surface area contributed by atoms with Crippen molar-refractivity contribution in [3.05, 3.63) is 22.9 Å². The largest absolute Gasteiger partial charge is 0.354 e. The van der Waals surface area contributed by atoms with E-state index in [2.05, 4.69) is 21.3 Å². The first kappa shape index (κ1) is 12.4. The van der Waals surface area contributed by atoms with Gasteiger partial charge in [-0.1, -0.05) is 0 Å². The highest BCUT2D eigenvalue weighted by Gasteiger charge is 2.35. The molecule has 1 aromatic heterocycles. The molecule has 19 heavy (non-hydrogen) atoms. The Bertz CT molecular complexity index is 518. The van der Waals surface area contributed by atoms with Crippen LogP contribution in [0.1, 0.15) is 29.7 Å². The highest BCUT2D eigenvalue weighted by molar-refractivity contribution is 5.59. The predicted octanol–water partition coefficient (Wildman–Crippen LogP) is 1.76. The van der Waals surface area contributed by atoms with Gasteiger partial charge in [-0.2, -0.15) is 5.26 Å². The summed E-state index contributed by atoms with van der Waals surface area (Å²) >= 11 is 0. The van der Waals surface area contributed by atoms with Gasteiger partial charge in [0.2, 0.25) is 0 Å². The van der Waals surface area contributed by atoms with Crippen molar-refractivity contribution in [2.75, 3.05) is 24.5 Å². The van der Waals surface area contributed by atoms with Crippen LogP contribution in [0.2, 0.25) is 0 Å². The zero-order chi connectivity index (χ0) is 13.4. The van der Waals surface area contributed by atoms with E-state index in [1.807, 2.05) is 19.9 Å². The van der Waals surface area contributed by atoms with Gasteiger partial charge < -0.3 is 10.2 Å². The second kappa shape index (κ2) is 4.82. The molecule has 3 heterocycles. The molecule has 1 N–H and O–H groups in total. The van der Waals surface area contributed by atoms with Crippen LogP contribution in [0.25, 0.3) is 0 Å². The quantitative estimate of drug-likeness (QED) is 0.832. The zero-order valence-electron chi connectivity index (χ0n) is 11.6. The summed E-state index contributed by atoms with van der Waals surface area (Å²) in [6.07, 6.45) is 2.56. The monoisotopic (exact) mass is 256 g/mol. The standard InChI is InChI=1S/C15H20N4/c1-10-6-11(2)18-15(13(10)7-16)19-8-12-4-3-5-17-14(12)9-19/h6,12,14,17H,3-5,8-9H2,1-2H3/t12-,14+/m0/s1. The minimum absolute atomic E-state index is 0.572. The highest BCUT2D eigenvalue weighted by atomic mass is 15.2. The number of nitriles is 1. The lowest BCUT2D eigenvalue weighted by atomic mass is 9.94. The molecule has 0 amide bonds. The third-order valence-electron chi connectivity index (χ3n) is 4.34. The van der Waals surface area contributed by atoms with Crippen molar-refractivity contribution in [1.29, 1.82) is 5.26 Å². The normalized spacial score (nSPS) is 26.1. The molecule has 4 heteroatoms.